The number of hydrogen-bond donors (Lipinski definition) is 1. The second-order valence-corrected chi connectivity index (χ2v) is 15.9. The van der Waals surface area contributed by atoms with Gasteiger partial charge in [-0.1, -0.05) is 65.9 Å². The van der Waals surface area contributed by atoms with Crippen molar-refractivity contribution in [3.8, 4) is 5.75 Å². The van der Waals surface area contributed by atoms with Crippen molar-refractivity contribution >= 4 is 59.7 Å². The molecular weight excluding hydrogens is 668 g/mol. The Labute approximate surface area is 246 Å². The van der Waals surface area contributed by atoms with Crippen LogP contribution in [0.25, 0.3) is 0 Å². The molecule has 1 aliphatic carbocycles. The Bertz CT molecular complexity index is 1060. The van der Waals surface area contributed by atoms with Gasteiger partial charge in [0, 0.05) is 22.0 Å². The van der Waals surface area contributed by atoms with Crippen LogP contribution in [0.5, 0.6) is 5.75 Å². The largest absolute Gasteiger partial charge is 0.457 e. The van der Waals surface area contributed by atoms with Gasteiger partial charge in [0.2, 0.25) is 0 Å². The van der Waals surface area contributed by atoms with Gasteiger partial charge in [-0.25, -0.2) is 4.79 Å². The Kier molecular flexibility index (Phi) is 9.84. The SMILES string of the molecule is CC(=O)Oc1ccc2cc1CC1=C(C)CC[C@H](Br)[C@@]1(C)CC[C@@H](Br)[C@@](C)(O)CC[C@@H](C(C)(C)Br)OC2=O. The molecule has 1 heterocycles. The van der Waals surface area contributed by atoms with Crippen LogP contribution >= 0.6 is 47.8 Å². The van der Waals surface area contributed by atoms with Crippen LogP contribution < -0.4 is 4.74 Å². The van der Waals surface area contributed by atoms with E-state index in [0.29, 0.717) is 30.6 Å². The standard InChI is InChI=1S/C29H39Br3O5/c1-17-7-10-23(30)28(5)13-11-24(31)29(6,35)14-12-25(27(3,4)32)37-26(34)19-8-9-22(36-18(2)33)20(15-19)16-21(17)28/h8-9,15,23-25,35H,7,10-14,16H2,1-6H3/t23-,24+,25-,28-,29-/m0/s1. The third kappa shape index (κ3) is 7.29. The van der Waals surface area contributed by atoms with Crippen LogP contribution in [-0.2, 0) is 16.0 Å². The normalized spacial score (nSPS) is 32.1. The molecule has 0 saturated heterocycles. The number of halogens is 3. The molecule has 5 nitrogen and oxygen atoms in total. The molecule has 1 aromatic rings. The molecule has 0 unspecified atom stereocenters. The summed E-state index contributed by atoms with van der Waals surface area (Å²) in [5, 5.41) is 11.4. The van der Waals surface area contributed by atoms with Gasteiger partial charge in [0.25, 0.3) is 0 Å². The molecule has 0 aromatic heterocycles. The molecule has 5 atom stereocenters. The molecule has 2 aliphatic rings. The summed E-state index contributed by atoms with van der Waals surface area (Å²) < 4.78 is 11.1. The first kappa shape index (κ1) is 30.8. The third-order valence-electron chi connectivity index (χ3n) is 8.11. The number of benzene rings is 1. The van der Waals surface area contributed by atoms with Gasteiger partial charge in [0.15, 0.2) is 0 Å². The Hall–Kier alpha value is -0.700. The van der Waals surface area contributed by atoms with Crippen LogP contribution in [-0.4, -0.2) is 42.7 Å². The van der Waals surface area contributed by atoms with Gasteiger partial charge < -0.3 is 14.6 Å². The molecule has 1 aromatic carbocycles. The fourth-order valence-corrected chi connectivity index (χ4v) is 7.01. The van der Waals surface area contributed by atoms with Gasteiger partial charge in [0.1, 0.15) is 11.9 Å². The van der Waals surface area contributed by atoms with Crippen molar-refractivity contribution in [2.24, 2.45) is 5.41 Å². The van der Waals surface area contributed by atoms with Crippen LogP contribution in [0.1, 0.15) is 96.0 Å². The van der Waals surface area contributed by atoms with E-state index in [2.05, 4.69) is 61.6 Å². The van der Waals surface area contributed by atoms with Crippen LogP contribution in [0.3, 0.4) is 0 Å². The van der Waals surface area contributed by atoms with E-state index in [1.54, 1.807) is 18.2 Å². The minimum absolute atomic E-state index is 0.127. The molecule has 0 fully saturated rings. The van der Waals surface area contributed by atoms with Gasteiger partial charge >= 0.3 is 11.9 Å². The quantitative estimate of drug-likeness (QED) is 0.147. The number of esters is 2. The van der Waals surface area contributed by atoms with Gasteiger partial charge in [-0.15, -0.1) is 0 Å². The second-order valence-electron chi connectivity index (χ2n) is 11.6. The van der Waals surface area contributed by atoms with E-state index in [1.807, 2.05) is 20.8 Å². The third-order valence-corrected chi connectivity index (χ3v) is 11.5. The number of cyclic esters (lactones) is 1. The summed E-state index contributed by atoms with van der Waals surface area (Å²) in [6.45, 7) is 11.6. The van der Waals surface area contributed by atoms with E-state index in [-0.39, 0.29) is 15.1 Å². The maximum atomic E-state index is 13.4. The van der Waals surface area contributed by atoms with Crippen molar-refractivity contribution in [2.75, 3.05) is 0 Å². The molecule has 0 radical (unpaired) electrons. The summed E-state index contributed by atoms with van der Waals surface area (Å²) in [6.07, 6.45) is 4.73. The summed E-state index contributed by atoms with van der Waals surface area (Å²) in [4.78, 5) is 25.4. The first-order chi connectivity index (χ1) is 17.0. The Morgan fingerprint density at radius 3 is 2.43 bits per heavy atom. The van der Waals surface area contributed by atoms with Crippen LogP contribution in [0.4, 0.5) is 0 Å². The highest BCUT2D eigenvalue weighted by molar-refractivity contribution is 9.10. The van der Waals surface area contributed by atoms with E-state index >= 15 is 0 Å². The molecule has 8 heteroatoms. The van der Waals surface area contributed by atoms with Gasteiger partial charge in [-0.05, 0) is 96.4 Å². The Balaban J connectivity index is 2.15. The fourth-order valence-electron chi connectivity index (χ4n) is 5.50. The maximum absolute atomic E-state index is 13.4. The predicted octanol–water partition coefficient (Wildman–Crippen LogP) is 7.82. The zero-order chi connectivity index (χ0) is 27.8. The van der Waals surface area contributed by atoms with Crippen LogP contribution in [0.2, 0.25) is 0 Å². The Morgan fingerprint density at radius 2 is 1.81 bits per heavy atom. The number of ether oxygens (including phenoxy) is 2. The van der Waals surface area contributed by atoms with Crippen molar-refractivity contribution < 1.29 is 24.2 Å². The number of rotatable bonds is 2. The molecule has 3 rings (SSSR count). The molecule has 1 N–H and O–H groups in total. The Morgan fingerprint density at radius 1 is 1.14 bits per heavy atom. The average molecular weight is 707 g/mol. The smallest absolute Gasteiger partial charge is 0.338 e. The molecule has 37 heavy (non-hydrogen) atoms. The number of carbonyl (C=O) groups excluding carboxylic acids is 2. The minimum Gasteiger partial charge on any atom is -0.457 e. The van der Waals surface area contributed by atoms with Crippen molar-refractivity contribution in [3.05, 3.63) is 40.5 Å². The lowest BCUT2D eigenvalue weighted by Gasteiger charge is -2.43. The molecule has 0 saturated carbocycles. The number of aliphatic hydroxyl groups is 1. The summed E-state index contributed by atoms with van der Waals surface area (Å²) in [7, 11) is 0. The highest BCUT2D eigenvalue weighted by Gasteiger charge is 2.42. The van der Waals surface area contributed by atoms with E-state index in [1.165, 1.54) is 18.1 Å². The molecule has 0 amide bonds. The first-order valence-corrected chi connectivity index (χ1v) is 15.6. The van der Waals surface area contributed by atoms with Crippen molar-refractivity contribution in [1.29, 1.82) is 0 Å². The minimum atomic E-state index is -0.977. The number of allylic oxidation sites excluding steroid dienone is 2. The van der Waals surface area contributed by atoms with Gasteiger partial charge in [-0.3, -0.25) is 4.79 Å². The van der Waals surface area contributed by atoms with Crippen molar-refractivity contribution in [1.82, 2.24) is 0 Å². The fraction of sp³-hybridized carbons (Fsp3) is 0.655. The lowest BCUT2D eigenvalue weighted by atomic mass is 9.66. The van der Waals surface area contributed by atoms with E-state index in [0.717, 1.165) is 31.2 Å². The zero-order valence-electron chi connectivity index (χ0n) is 22.6. The van der Waals surface area contributed by atoms with E-state index in [9.17, 15) is 14.7 Å². The molecule has 1 aliphatic heterocycles. The summed E-state index contributed by atoms with van der Waals surface area (Å²) in [5.41, 5.74) is 2.67. The second kappa shape index (κ2) is 11.8. The van der Waals surface area contributed by atoms with Crippen molar-refractivity contribution in [2.45, 2.75) is 112 Å². The van der Waals surface area contributed by atoms with E-state index < -0.39 is 28.0 Å². The lowest BCUT2D eigenvalue weighted by Crippen LogP contribution is -2.41. The van der Waals surface area contributed by atoms with Crippen molar-refractivity contribution in [3.63, 3.8) is 0 Å². The molecule has 0 spiro atoms. The zero-order valence-corrected chi connectivity index (χ0v) is 27.4. The monoisotopic (exact) mass is 704 g/mol. The number of carbonyl (C=O) groups is 2. The highest BCUT2D eigenvalue weighted by atomic mass is 79.9. The summed E-state index contributed by atoms with van der Waals surface area (Å²) >= 11 is 11.5. The molecular formula is C29H39Br3O5. The average Bonchev–Trinajstić information content (AvgIpc) is 2.79. The van der Waals surface area contributed by atoms with E-state index in [4.69, 9.17) is 9.47 Å². The molecule has 206 valence electrons. The van der Waals surface area contributed by atoms with Gasteiger partial charge in [0.05, 0.1) is 15.5 Å². The number of fused-ring (bicyclic) bond motifs is 3. The topological polar surface area (TPSA) is 72.8 Å². The number of hydrogen-bond acceptors (Lipinski definition) is 5. The molecule has 2 bridgehead atoms. The van der Waals surface area contributed by atoms with Crippen LogP contribution in [0, 0.1) is 5.41 Å². The highest BCUT2D eigenvalue weighted by Crippen LogP contribution is 2.50. The summed E-state index contributed by atoms with van der Waals surface area (Å²) in [6, 6.07) is 5.15. The maximum Gasteiger partial charge on any atom is 0.338 e. The first-order valence-electron chi connectivity index (χ1n) is 13.0. The van der Waals surface area contributed by atoms with Crippen LogP contribution in [0.15, 0.2) is 29.3 Å². The van der Waals surface area contributed by atoms with Gasteiger partial charge in [-0.2, -0.15) is 0 Å². The summed E-state index contributed by atoms with van der Waals surface area (Å²) in [5.74, 6) is -0.372. The number of alkyl halides is 3. The predicted molar refractivity (Wildman–Crippen MR) is 158 cm³/mol. The lowest BCUT2D eigenvalue weighted by molar-refractivity contribution is -0.131.